The molecule has 1 saturated heterocycles. The van der Waals surface area contributed by atoms with Gasteiger partial charge in [-0.2, -0.15) is 0 Å². The minimum absolute atomic E-state index is 0.0559. The molecule has 0 spiro atoms. The van der Waals surface area contributed by atoms with Gasteiger partial charge in [0.2, 0.25) is 5.91 Å². The van der Waals surface area contributed by atoms with E-state index in [1.54, 1.807) is 12.4 Å². The minimum atomic E-state index is -0.960. The van der Waals surface area contributed by atoms with Crippen LogP contribution >= 0.6 is 11.3 Å². The number of rotatable bonds is 7. The summed E-state index contributed by atoms with van der Waals surface area (Å²) in [4.78, 5) is 28.2. The fourth-order valence-corrected chi connectivity index (χ4v) is 5.91. The summed E-state index contributed by atoms with van der Waals surface area (Å²) in [6, 6.07) is 3.72. The number of amides is 2. The van der Waals surface area contributed by atoms with Gasteiger partial charge in [-0.15, -0.1) is 16.4 Å². The highest BCUT2D eigenvalue weighted by Gasteiger charge is 2.35. The number of primary amides is 1. The third kappa shape index (κ3) is 5.07. The fourth-order valence-electron chi connectivity index (χ4n) is 5.17. The normalized spacial score (nSPS) is 23.7. The molecule has 38 heavy (non-hydrogen) atoms. The van der Waals surface area contributed by atoms with Crippen LogP contribution in [0.2, 0.25) is 0 Å². The third-order valence-electron chi connectivity index (χ3n) is 6.72. The van der Waals surface area contributed by atoms with Crippen molar-refractivity contribution in [1.82, 2.24) is 30.4 Å². The van der Waals surface area contributed by atoms with Gasteiger partial charge in [0.05, 0.1) is 25.4 Å². The van der Waals surface area contributed by atoms with Crippen LogP contribution in [-0.2, 0) is 16.1 Å². The van der Waals surface area contributed by atoms with Crippen molar-refractivity contribution in [2.45, 2.75) is 45.2 Å². The molecule has 12 heteroatoms. The molecule has 5 rings (SSSR count). The minimum Gasteiger partial charge on any atom is -0.391 e. The van der Waals surface area contributed by atoms with Crippen molar-refractivity contribution in [3.8, 4) is 11.1 Å². The molecule has 0 aliphatic carbocycles. The van der Waals surface area contributed by atoms with Crippen molar-refractivity contribution in [3.63, 3.8) is 0 Å². The Morgan fingerprint density at radius 3 is 2.74 bits per heavy atom. The Kier molecular flexibility index (Phi) is 7.05. The highest BCUT2D eigenvalue weighted by Crippen LogP contribution is 2.38. The van der Waals surface area contributed by atoms with E-state index in [0.717, 1.165) is 27.1 Å². The molecule has 2 aliphatic heterocycles. The number of hydrogen-bond donors (Lipinski definition) is 4. The van der Waals surface area contributed by atoms with Gasteiger partial charge in [0.1, 0.15) is 11.2 Å². The number of fused-ring (bicyclic) bond motifs is 1. The molecule has 0 bridgehead atoms. The molecule has 5 N–H and O–H groups in total. The van der Waals surface area contributed by atoms with Crippen LogP contribution in [-0.4, -0.2) is 74.2 Å². The highest BCUT2D eigenvalue weighted by molar-refractivity contribution is 7.10. The number of thiophene rings is 1. The maximum Gasteiger partial charge on any atom is 0.271 e. The van der Waals surface area contributed by atoms with Gasteiger partial charge in [0, 0.05) is 35.3 Å². The Bertz CT molecular complexity index is 1430. The Balaban J connectivity index is 1.54. The second-order valence-electron chi connectivity index (χ2n) is 9.90. The van der Waals surface area contributed by atoms with E-state index in [4.69, 9.17) is 10.5 Å². The number of hydrogen-bond acceptors (Lipinski definition) is 9. The molecule has 0 radical (unpaired) electrons. The van der Waals surface area contributed by atoms with Gasteiger partial charge in [-0.25, -0.2) is 4.52 Å². The van der Waals surface area contributed by atoms with Crippen LogP contribution in [0.15, 0.2) is 42.1 Å². The van der Waals surface area contributed by atoms with Gasteiger partial charge in [0.15, 0.2) is 5.69 Å². The lowest BCUT2D eigenvalue weighted by atomic mass is 9.87. The van der Waals surface area contributed by atoms with E-state index >= 15 is 0 Å². The zero-order valence-corrected chi connectivity index (χ0v) is 22.3. The van der Waals surface area contributed by atoms with Crippen LogP contribution in [0, 0.1) is 0 Å². The zero-order valence-electron chi connectivity index (χ0n) is 21.5. The topological polar surface area (TPSA) is 147 Å². The molecular weight excluding hydrogens is 506 g/mol. The zero-order chi connectivity index (χ0) is 27.0. The summed E-state index contributed by atoms with van der Waals surface area (Å²) in [5, 5.41) is 26.1. The number of aliphatic hydroxyl groups is 1. The fraction of sp³-hybridized carbons (Fsp3) is 0.385. The number of dihydropyridines is 1. The highest BCUT2D eigenvalue weighted by atomic mass is 32.1. The lowest BCUT2D eigenvalue weighted by Gasteiger charge is -2.38. The van der Waals surface area contributed by atoms with E-state index in [2.05, 4.69) is 25.8 Å². The molecule has 0 aromatic carbocycles. The second kappa shape index (κ2) is 10.3. The van der Waals surface area contributed by atoms with Crippen molar-refractivity contribution in [2.75, 3.05) is 19.6 Å². The first-order valence-corrected chi connectivity index (χ1v) is 13.3. The van der Waals surface area contributed by atoms with Gasteiger partial charge in [-0.1, -0.05) is 11.3 Å². The molecular formula is C26H31N7O4S. The number of aliphatic hydroxyl groups excluding tert-OH is 1. The standard InChI is InChI=1S/C26H31N7O4S/c1-15-9-32(10-16(2)37-15)12-23(35)29-26(3)21(5-4-6-28-26)19-8-22-24(25(27)36)30-31-33(22)11-20(19)17-7-18(13-34)38-14-17/h4-8,11,14-16,28,34H,9-10,12-13H2,1-3H3,(H2,27,36)(H,29,35)/t15-,16+,26?. The van der Waals surface area contributed by atoms with E-state index < -0.39 is 11.6 Å². The number of carbonyl (C=O) groups is 2. The molecule has 3 aromatic heterocycles. The van der Waals surface area contributed by atoms with Crippen LogP contribution in [0.25, 0.3) is 22.2 Å². The van der Waals surface area contributed by atoms with E-state index in [1.807, 2.05) is 50.4 Å². The number of nitrogens with two attached hydrogens (primary N) is 1. The number of nitrogens with zero attached hydrogens (tertiary/aromatic N) is 4. The maximum atomic E-state index is 13.3. The maximum absolute atomic E-state index is 13.3. The van der Waals surface area contributed by atoms with Gasteiger partial charge in [-0.05, 0) is 61.7 Å². The van der Waals surface area contributed by atoms with E-state index in [0.29, 0.717) is 18.6 Å². The average molecular weight is 538 g/mol. The van der Waals surface area contributed by atoms with Crippen LogP contribution in [0.5, 0.6) is 0 Å². The summed E-state index contributed by atoms with van der Waals surface area (Å²) in [5.74, 6) is -0.815. The lowest BCUT2D eigenvalue weighted by molar-refractivity contribution is -0.127. The summed E-state index contributed by atoms with van der Waals surface area (Å²) < 4.78 is 7.31. The van der Waals surface area contributed by atoms with Crippen molar-refractivity contribution >= 4 is 34.2 Å². The summed E-state index contributed by atoms with van der Waals surface area (Å²) >= 11 is 1.44. The van der Waals surface area contributed by atoms with Crippen molar-refractivity contribution in [3.05, 3.63) is 58.2 Å². The summed E-state index contributed by atoms with van der Waals surface area (Å²) in [5.41, 5.74) is 8.32. The van der Waals surface area contributed by atoms with Gasteiger partial charge in [0.25, 0.3) is 5.91 Å². The number of morpholine rings is 1. The quantitative estimate of drug-likeness (QED) is 0.355. The smallest absolute Gasteiger partial charge is 0.271 e. The molecule has 11 nitrogen and oxygen atoms in total. The number of carbonyl (C=O) groups excluding carboxylic acids is 2. The summed E-state index contributed by atoms with van der Waals surface area (Å²) in [6.07, 6.45) is 7.47. The van der Waals surface area contributed by atoms with Crippen LogP contribution in [0.1, 0.15) is 41.7 Å². The number of allylic oxidation sites excluding steroid dienone is 2. The van der Waals surface area contributed by atoms with Crippen LogP contribution in [0.4, 0.5) is 0 Å². The molecule has 3 atom stereocenters. The SMILES string of the molecule is C[C@@H]1CN(CC(=O)NC2(C)NC=CC=C2c2cc3c(C(N)=O)nnn3cc2-c2csc(CO)c2)C[C@H](C)O1. The van der Waals surface area contributed by atoms with Crippen molar-refractivity contribution in [2.24, 2.45) is 5.73 Å². The van der Waals surface area contributed by atoms with Gasteiger partial charge in [-0.3, -0.25) is 14.5 Å². The van der Waals surface area contributed by atoms with E-state index in [1.165, 1.54) is 15.9 Å². The third-order valence-corrected chi connectivity index (χ3v) is 7.64. The number of pyridine rings is 1. The van der Waals surface area contributed by atoms with E-state index in [-0.39, 0.29) is 37.0 Å². The van der Waals surface area contributed by atoms with Crippen LogP contribution in [0.3, 0.4) is 0 Å². The molecule has 200 valence electrons. The van der Waals surface area contributed by atoms with E-state index in [9.17, 15) is 14.7 Å². The van der Waals surface area contributed by atoms with Crippen LogP contribution < -0.4 is 16.4 Å². The van der Waals surface area contributed by atoms with Crippen molar-refractivity contribution < 1.29 is 19.4 Å². The largest absolute Gasteiger partial charge is 0.391 e. The summed E-state index contributed by atoms with van der Waals surface area (Å²) in [6.45, 7) is 7.44. The van der Waals surface area contributed by atoms with Gasteiger partial charge < -0.3 is 26.2 Å². The molecule has 0 saturated carbocycles. The molecule has 5 heterocycles. The Morgan fingerprint density at radius 1 is 1.29 bits per heavy atom. The predicted octanol–water partition coefficient (Wildman–Crippen LogP) is 1.49. The number of nitrogens with one attached hydrogen (secondary N) is 2. The first-order chi connectivity index (χ1) is 18.2. The predicted molar refractivity (Wildman–Crippen MR) is 144 cm³/mol. The van der Waals surface area contributed by atoms with Gasteiger partial charge >= 0.3 is 0 Å². The number of aromatic nitrogens is 3. The Morgan fingerprint density at radius 2 is 2.05 bits per heavy atom. The molecule has 2 aliphatic rings. The lowest BCUT2D eigenvalue weighted by Crippen LogP contribution is -2.59. The Labute approximate surface area is 224 Å². The Hall–Kier alpha value is -3.58. The second-order valence-corrected chi connectivity index (χ2v) is 10.9. The first-order valence-electron chi connectivity index (χ1n) is 12.4. The van der Waals surface area contributed by atoms with Crippen molar-refractivity contribution in [1.29, 1.82) is 0 Å². The molecule has 1 fully saturated rings. The molecule has 2 amide bonds. The average Bonchev–Trinajstić information content (AvgIpc) is 3.49. The monoisotopic (exact) mass is 537 g/mol. The molecule has 3 aromatic rings. The first kappa shape index (κ1) is 26.0. The molecule has 1 unspecified atom stereocenters. The number of ether oxygens (including phenoxy) is 1. The summed E-state index contributed by atoms with van der Waals surface area (Å²) in [7, 11) is 0.